The van der Waals surface area contributed by atoms with Gasteiger partial charge in [0, 0.05) is 16.1 Å². The van der Waals surface area contributed by atoms with E-state index in [2.05, 4.69) is 0 Å². The van der Waals surface area contributed by atoms with E-state index in [1.165, 1.54) is 0 Å². The molecule has 2 aromatic carbocycles. The fraction of sp³-hybridized carbons (Fsp3) is 0.0625. The first-order chi connectivity index (χ1) is 9.54. The first kappa shape index (κ1) is 18.3. The molecule has 2 nitrogen and oxygen atoms in total. The zero-order valence-electron chi connectivity index (χ0n) is 12.5. The Morgan fingerprint density at radius 3 is 2.33 bits per heavy atom. The average Bonchev–Trinajstić information content (AvgIpc) is 2.41. The topological polar surface area (TPSA) is 37.3 Å². The number of carboxylic acids is 1. The van der Waals surface area contributed by atoms with Gasteiger partial charge in [-0.2, -0.15) is 0 Å². The molecular weight excluding hydrogens is 318 g/mol. The van der Waals surface area contributed by atoms with Gasteiger partial charge in [0.2, 0.25) is 0 Å². The second-order valence-electron chi connectivity index (χ2n) is 4.32. The standard InChI is InChI=1S/C16H12Cl2O2.Na.H/c17-14-5-1-11(2-6-14)9-12-3-7-15(18)10-13(12)4-8-16(19)20;;/h1-8,10H,9H2,(H,19,20);;/q;+1;-1/b8-4+;;. The molecule has 2 rings (SSSR count). The Morgan fingerprint density at radius 1 is 1.10 bits per heavy atom. The van der Waals surface area contributed by atoms with Crippen LogP contribution in [-0.2, 0) is 11.2 Å². The summed E-state index contributed by atoms with van der Waals surface area (Å²) >= 11 is 11.8. The molecule has 0 radical (unpaired) electrons. The molecule has 0 fully saturated rings. The van der Waals surface area contributed by atoms with Gasteiger partial charge in [-0.25, -0.2) is 4.79 Å². The Morgan fingerprint density at radius 2 is 1.71 bits per heavy atom. The monoisotopic (exact) mass is 330 g/mol. The van der Waals surface area contributed by atoms with Crippen LogP contribution in [0.2, 0.25) is 10.0 Å². The summed E-state index contributed by atoms with van der Waals surface area (Å²) in [5.41, 5.74) is 2.91. The molecule has 0 atom stereocenters. The maximum Gasteiger partial charge on any atom is 1.00 e. The molecule has 104 valence electrons. The third-order valence-electron chi connectivity index (χ3n) is 2.82. The SMILES string of the molecule is O=C(O)/C=C/c1cc(Cl)ccc1Cc1ccc(Cl)cc1.[H-].[Na+]. The summed E-state index contributed by atoms with van der Waals surface area (Å²) < 4.78 is 0. The zero-order valence-corrected chi connectivity index (χ0v) is 15.0. The number of halogens is 2. The van der Waals surface area contributed by atoms with Crippen molar-refractivity contribution in [3.05, 3.63) is 75.3 Å². The average molecular weight is 331 g/mol. The Hall–Kier alpha value is -0.770. The zero-order chi connectivity index (χ0) is 14.5. The van der Waals surface area contributed by atoms with Crippen LogP contribution in [0.15, 0.2) is 48.5 Å². The maximum atomic E-state index is 10.6. The molecule has 0 spiro atoms. The number of hydrogen-bond acceptors (Lipinski definition) is 1. The smallest absolute Gasteiger partial charge is 1.00 e. The van der Waals surface area contributed by atoms with Crippen LogP contribution in [0.3, 0.4) is 0 Å². The summed E-state index contributed by atoms with van der Waals surface area (Å²) in [6.45, 7) is 0. The van der Waals surface area contributed by atoms with E-state index in [1.807, 2.05) is 30.3 Å². The van der Waals surface area contributed by atoms with Crippen LogP contribution in [0.1, 0.15) is 18.1 Å². The Kier molecular flexibility index (Phi) is 7.50. The first-order valence-corrected chi connectivity index (χ1v) is 6.74. The number of carboxylic acid groups (broad SMARTS) is 1. The molecule has 0 saturated heterocycles. The summed E-state index contributed by atoms with van der Waals surface area (Å²) in [4.78, 5) is 10.6. The third kappa shape index (κ3) is 5.85. The van der Waals surface area contributed by atoms with Gasteiger partial charge in [-0.05, 0) is 53.5 Å². The van der Waals surface area contributed by atoms with Crippen LogP contribution in [0.25, 0.3) is 6.08 Å². The van der Waals surface area contributed by atoms with Gasteiger partial charge in [0.1, 0.15) is 0 Å². The van der Waals surface area contributed by atoms with E-state index in [4.69, 9.17) is 28.3 Å². The van der Waals surface area contributed by atoms with Crippen LogP contribution in [0.4, 0.5) is 0 Å². The minimum atomic E-state index is -0.984. The van der Waals surface area contributed by atoms with Crippen LogP contribution in [-0.4, -0.2) is 11.1 Å². The Labute approximate surface area is 157 Å². The molecule has 5 heteroatoms. The van der Waals surface area contributed by atoms with Gasteiger partial charge in [-0.15, -0.1) is 0 Å². The fourth-order valence-corrected chi connectivity index (χ4v) is 2.17. The van der Waals surface area contributed by atoms with Gasteiger partial charge >= 0.3 is 35.5 Å². The normalized spacial score (nSPS) is 10.4. The van der Waals surface area contributed by atoms with Crippen LogP contribution < -0.4 is 29.6 Å². The van der Waals surface area contributed by atoms with Crippen molar-refractivity contribution in [3.63, 3.8) is 0 Å². The van der Waals surface area contributed by atoms with E-state index < -0.39 is 5.97 Å². The number of aliphatic carboxylic acids is 1. The van der Waals surface area contributed by atoms with Crippen molar-refractivity contribution in [2.45, 2.75) is 6.42 Å². The molecule has 0 saturated carbocycles. The Balaban J connectivity index is 0.00000220. The third-order valence-corrected chi connectivity index (χ3v) is 3.31. The van der Waals surface area contributed by atoms with Gasteiger partial charge in [-0.1, -0.05) is 41.4 Å². The van der Waals surface area contributed by atoms with E-state index in [0.717, 1.165) is 22.8 Å². The minimum absolute atomic E-state index is 0. The van der Waals surface area contributed by atoms with Crippen molar-refractivity contribution in [2.24, 2.45) is 0 Å². The van der Waals surface area contributed by atoms with Crippen LogP contribution >= 0.6 is 23.2 Å². The van der Waals surface area contributed by atoms with Crippen molar-refractivity contribution in [1.29, 1.82) is 0 Å². The summed E-state index contributed by atoms with van der Waals surface area (Å²) in [6, 6.07) is 13.0. The summed E-state index contributed by atoms with van der Waals surface area (Å²) in [5.74, 6) is -0.984. The van der Waals surface area contributed by atoms with Gasteiger partial charge in [0.05, 0.1) is 0 Å². The van der Waals surface area contributed by atoms with Gasteiger partial charge in [0.15, 0.2) is 0 Å². The van der Waals surface area contributed by atoms with E-state index in [-0.39, 0.29) is 31.0 Å². The Bertz CT molecular complexity index is 658. The summed E-state index contributed by atoms with van der Waals surface area (Å²) in [5, 5.41) is 9.99. The molecule has 0 aliphatic carbocycles. The van der Waals surface area contributed by atoms with Gasteiger partial charge in [-0.3, -0.25) is 0 Å². The predicted molar refractivity (Wildman–Crippen MR) is 83.5 cm³/mol. The second kappa shape index (κ2) is 8.62. The fourth-order valence-electron chi connectivity index (χ4n) is 1.87. The number of benzene rings is 2. The molecule has 0 aliphatic heterocycles. The molecule has 0 amide bonds. The molecule has 21 heavy (non-hydrogen) atoms. The van der Waals surface area contributed by atoms with Crippen molar-refractivity contribution in [2.75, 3.05) is 0 Å². The molecule has 0 aromatic heterocycles. The van der Waals surface area contributed by atoms with Crippen LogP contribution in [0, 0.1) is 0 Å². The molecule has 0 bridgehead atoms. The summed E-state index contributed by atoms with van der Waals surface area (Å²) in [7, 11) is 0. The predicted octanol–water partition coefficient (Wildman–Crippen LogP) is 1.80. The molecule has 0 unspecified atom stereocenters. The molecule has 0 aliphatic rings. The van der Waals surface area contributed by atoms with Crippen molar-refractivity contribution >= 4 is 35.2 Å². The van der Waals surface area contributed by atoms with Gasteiger partial charge in [0.25, 0.3) is 0 Å². The molecule has 0 heterocycles. The second-order valence-corrected chi connectivity index (χ2v) is 5.19. The summed E-state index contributed by atoms with van der Waals surface area (Å²) in [6.07, 6.45) is 3.35. The van der Waals surface area contributed by atoms with Crippen molar-refractivity contribution in [3.8, 4) is 0 Å². The minimum Gasteiger partial charge on any atom is -1.00 e. The number of hydrogen-bond donors (Lipinski definition) is 1. The number of rotatable bonds is 4. The molecular formula is C16H13Cl2NaO2. The van der Waals surface area contributed by atoms with E-state index in [1.54, 1.807) is 18.2 Å². The first-order valence-electron chi connectivity index (χ1n) is 5.98. The van der Waals surface area contributed by atoms with E-state index >= 15 is 0 Å². The van der Waals surface area contributed by atoms with Crippen molar-refractivity contribution < 1.29 is 40.9 Å². The van der Waals surface area contributed by atoms with E-state index in [9.17, 15) is 4.79 Å². The van der Waals surface area contributed by atoms with E-state index in [0.29, 0.717) is 16.5 Å². The largest absolute Gasteiger partial charge is 1.00 e. The number of carbonyl (C=O) groups is 1. The maximum absolute atomic E-state index is 10.6. The molecule has 1 N–H and O–H groups in total. The van der Waals surface area contributed by atoms with Crippen LogP contribution in [0.5, 0.6) is 0 Å². The van der Waals surface area contributed by atoms with Crippen molar-refractivity contribution in [1.82, 2.24) is 0 Å². The molecule has 2 aromatic rings. The quantitative estimate of drug-likeness (QED) is 0.685. The van der Waals surface area contributed by atoms with Gasteiger partial charge < -0.3 is 6.53 Å².